The highest BCUT2D eigenvalue weighted by Crippen LogP contribution is 2.65. The van der Waals surface area contributed by atoms with Gasteiger partial charge in [0.2, 0.25) is 5.91 Å². The number of hydrogen-bond donors (Lipinski definition) is 1. The third-order valence-electron chi connectivity index (χ3n) is 5.54. The zero-order valence-corrected chi connectivity index (χ0v) is 11.2. The molecule has 0 aromatic heterocycles. The second-order valence-corrected chi connectivity index (χ2v) is 7.78. The molecule has 98 valence electrons. The van der Waals surface area contributed by atoms with Crippen LogP contribution in [0.2, 0.25) is 0 Å². The summed E-state index contributed by atoms with van der Waals surface area (Å²) < 4.78 is 0. The van der Waals surface area contributed by atoms with Crippen molar-refractivity contribution < 1.29 is 9.59 Å². The van der Waals surface area contributed by atoms with Crippen LogP contribution >= 0.6 is 11.8 Å². The van der Waals surface area contributed by atoms with Crippen LogP contribution in [-0.2, 0) is 4.79 Å². The van der Waals surface area contributed by atoms with Gasteiger partial charge in [-0.25, -0.2) is 0 Å². The van der Waals surface area contributed by atoms with Gasteiger partial charge in [0.1, 0.15) is 0 Å². The molecule has 0 aromatic rings. The Bertz CT molecular complexity index is 438. The van der Waals surface area contributed by atoms with E-state index in [9.17, 15) is 9.59 Å². The molecule has 1 saturated heterocycles. The van der Waals surface area contributed by atoms with Crippen molar-refractivity contribution in [2.45, 2.75) is 37.6 Å². The molecule has 4 nitrogen and oxygen atoms in total. The van der Waals surface area contributed by atoms with Gasteiger partial charge >= 0.3 is 0 Å². The van der Waals surface area contributed by atoms with Gasteiger partial charge in [-0.05, 0) is 49.4 Å². The number of nitrogens with two attached hydrogens (primary N) is 1. The van der Waals surface area contributed by atoms with E-state index in [1.165, 1.54) is 17.7 Å². The molecule has 5 aliphatic rings. The van der Waals surface area contributed by atoms with Gasteiger partial charge in [0.15, 0.2) is 0 Å². The molecular formula is C13H18N2O2S. The standard InChI is InChI=1S/C13H18N2O2S/c14-13-3-8-1-9(13)4-12(2-8,6-13)7-15-10(16)5-18-11(15)17/h8-9H,1-7,14H2. The molecule has 1 heterocycles. The highest BCUT2D eigenvalue weighted by molar-refractivity contribution is 8.14. The highest BCUT2D eigenvalue weighted by atomic mass is 32.2. The molecule has 4 atom stereocenters. The fourth-order valence-corrected chi connectivity index (χ4v) is 5.92. The Morgan fingerprint density at radius 3 is 2.78 bits per heavy atom. The molecule has 0 aromatic carbocycles. The molecule has 0 spiro atoms. The van der Waals surface area contributed by atoms with E-state index >= 15 is 0 Å². The molecule has 0 radical (unpaired) electrons. The summed E-state index contributed by atoms with van der Waals surface area (Å²) in [6.07, 6.45) is 5.75. The van der Waals surface area contributed by atoms with Crippen LogP contribution < -0.4 is 5.73 Å². The lowest BCUT2D eigenvalue weighted by Gasteiger charge is -2.41. The minimum Gasteiger partial charge on any atom is -0.325 e. The molecule has 5 fully saturated rings. The number of carbonyl (C=O) groups is 2. The molecule has 4 bridgehead atoms. The lowest BCUT2D eigenvalue weighted by atomic mass is 9.68. The van der Waals surface area contributed by atoms with Gasteiger partial charge in [-0.3, -0.25) is 14.5 Å². The third kappa shape index (κ3) is 1.37. The maximum Gasteiger partial charge on any atom is 0.288 e. The van der Waals surface area contributed by atoms with Gasteiger partial charge in [0, 0.05) is 12.1 Å². The highest BCUT2D eigenvalue weighted by Gasteiger charge is 2.63. The molecule has 4 aliphatic carbocycles. The number of nitrogens with zero attached hydrogens (tertiary/aromatic N) is 1. The van der Waals surface area contributed by atoms with Crippen LogP contribution in [0.4, 0.5) is 4.79 Å². The van der Waals surface area contributed by atoms with E-state index < -0.39 is 0 Å². The van der Waals surface area contributed by atoms with E-state index in [1.807, 2.05) is 0 Å². The second-order valence-electron chi connectivity index (χ2n) is 6.86. The van der Waals surface area contributed by atoms with Gasteiger partial charge in [0.25, 0.3) is 5.24 Å². The van der Waals surface area contributed by atoms with E-state index in [0.717, 1.165) is 36.9 Å². The number of hydrogen-bond acceptors (Lipinski definition) is 4. The lowest BCUT2D eigenvalue weighted by Crippen LogP contribution is -2.46. The van der Waals surface area contributed by atoms with Crippen molar-refractivity contribution in [1.29, 1.82) is 0 Å². The third-order valence-corrected chi connectivity index (χ3v) is 6.40. The Morgan fingerprint density at radius 1 is 1.33 bits per heavy atom. The van der Waals surface area contributed by atoms with Crippen molar-refractivity contribution in [3.05, 3.63) is 0 Å². The smallest absolute Gasteiger partial charge is 0.288 e. The Balaban J connectivity index is 1.59. The Hall–Kier alpha value is -0.550. The van der Waals surface area contributed by atoms with E-state index in [2.05, 4.69) is 0 Å². The first-order valence-corrected chi connectivity index (χ1v) is 7.74. The van der Waals surface area contributed by atoms with E-state index in [4.69, 9.17) is 5.73 Å². The number of rotatable bonds is 2. The maximum absolute atomic E-state index is 11.8. The molecule has 1 aliphatic heterocycles. The normalized spacial score (nSPS) is 49.7. The number of thioether (sulfide) groups is 1. The van der Waals surface area contributed by atoms with Crippen molar-refractivity contribution in [3.63, 3.8) is 0 Å². The van der Waals surface area contributed by atoms with Crippen LogP contribution in [0.3, 0.4) is 0 Å². The summed E-state index contributed by atoms with van der Waals surface area (Å²) in [5.74, 6) is 1.70. The molecule has 4 saturated carbocycles. The van der Waals surface area contributed by atoms with Crippen LogP contribution in [0.15, 0.2) is 0 Å². The molecule has 4 unspecified atom stereocenters. The zero-order chi connectivity index (χ0) is 12.5. The molecule has 2 amide bonds. The first kappa shape index (κ1) is 11.3. The van der Waals surface area contributed by atoms with Crippen molar-refractivity contribution in [2.75, 3.05) is 12.3 Å². The fraction of sp³-hybridized carbons (Fsp3) is 0.846. The van der Waals surface area contributed by atoms with Crippen molar-refractivity contribution in [1.82, 2.24) is 4.90 Å². The molecular weight excluding hydrogens is 248 g/mol. The average molecular weight is 266 g/mol. The Morgan fingerprint density at radius 2 is 2.17 bits per heavy atom. The summed E-state index contributed by atoms with van der Waals surface area (Å²) in [6.45, 7) is 0.629. The van der Waals surface area contributed by atoms with E-state index in [0.29, 0.717) is 18.2 Å². The SMILES string of the molecule is NC12CC3CC1CC(CN1C(=O)CSC1=O)(C3)C2. The summed E-state index contributed by atoms with van der Waals surface area (Å²) in [6, 6.07) is 0. The monoisotopic (exact) mass is 266 g/mol. The summed E-state index contributed by atoms with van der Waals surface area (Å²) in [7, 11) is 0. The minimum atomic E-state index is -0.0526. The van der Waals surface area contributed by atoms with Gasteiger partial charge in [-0.15, -0.1) is 0 Å². The Kier molecular flexibility index (Phi) is 2.08. The predicted octanol–water partition coefficient (Wildman–Crippen LogP) is 1.59. The van der Waals surface area contributed by atoms with Gasteiger partial charge < -0.3 is 5.73 Å². The van der Waals surface area contributed by atoms with Gasteiger partial charge in [0.05, 0.1) is 5.75 Å². The largest absolute Gasteiger partial charge is 0.325 e. The lowest BCUT2D eigenvalue weighted by molar-refractivity contribution is -0.126. The molecule has 5 heteroatoms. The molecule has 2 N–H and O–H groups in total. The Labute approximate surface area is 111 Å². The quantitative estimate of drug-likeness (QED) is 0.824. The fourth-order valence-electron chi connectivity index (χ4n) is 5.20. The van der Waals surface area contributed by atoms with Crippen LogP contribution in [0.1, 0.15) is 32.1 Å². The van der Waals surface area contributed by atoms with Gasteiger partial charge in [-0.2, -0.15) is 0 Å². The molecule has 5 rings (SSSR count). The van der Waals surface area contributed by atoms with Crippen molar-refractivity contribution in [2.24, 2.45) is 23.0 Å². The second kappa shape index (κ2) is 3.31. The summed E-state index contributed by atoms with van der Waals surface area (Å²) in [5.41, 5.74) is 6.69. The van der Waals surface area contributed by atoms with Gasteiger partial charge in [-0.1, -0.05) is 11.8 Å². The maximum atomic E-state index is 11.8. The van der Waals surface area contributed by atoms with Crippen LogP contribution in [0, 0.1) is 17.3 Å². The summed E-state index contributed by atoms with van der Waals surface area (Å²) >= 11 is 1.14. The molecule has 18 heavy (non-hydrogen) atoms. The van der Waals surface area contributed by atoms with Crippen molar-refractivity contribution >= 4 is 22.9 Å². The summed E-state index contributed by atoms with van der Waals surface area (Å²) in [5, 5.41) is -0.0526. The number of amides is 2. The number of imide groups is 1. The topological polar surface area (TPSA) is 63.4 Å². The summed E-state index contributed by atoms with van der Waals surface area (Å²) in [4.78, 5) is 25.0. The minimum absolute atomic E-state index is 0.00635. The zero-order valence-electron chi connectivity index (χ0n) is 10.4. The predicted molar refractivity (Wildman–Crippen MR) is 69.0 cm³/mol. The first-order valence-electron chi connectivity index (χ1n) is 6.76. The van der Waals surface area contributed by atoms with Crippen LogP contribution in [0.25, 0.3) is 0 Å². The van der Waals surface area contributed by atoms with E-state index in [1.54, 1.807) is 0 Å². The van der Waals surface area contributed by atoms with E-state index in [-0.39, 0.29) is 22.1 Å². The van der Waals surface area contributed by atoms with Crippen LogP contribution in [-0.4, -0.2) is 33.9 Å². The first-order chi connectivity index (χ1) is 8.50. The van der Waals surface area contributed by atoms with Crippen molar-refractivity contribution in [3.8, 4) is 0 Å². The van der Waals surface area contributed by atoms with Crippen LogP contribution in [0.5, 0.6) is 0 Å². The number of carbonyl (C=O) groups excluding carboxylic acids is 2. The average Bonchev–Trinajstić information content (AvgIpc) is 2.77.